The predicted octanol–water partition coefficient (Wildman–Crippen LogP) is 3.68. The molecule has 7 nitrogen and oxygen atoms in total. The monoisotopic (exact) mass is 453 g/mol. The number of hydrogen-bond acceptors (Lipinski definition) is 6. The molecule has 1 heterocycles. The first-order valence-corrected chi connectivity index (χ1v) is 11.8. The SMILES string of the molecule is CC(OC(=O)c1ccc(S(=O)(=O)NCc2ccco2)cc1)C(=O)c1ccc2c(c1)CCC2. The van der Waals surface area contributed by atoms with E-state index in [1.165, 1.54) is 48.6 Å². The number of aryl methyl sites for hydroxylation is 2. The standard InChI is InChI=1S/C24H23NO6S/c1-16(23(26)20-8-7-17-4-2-5-19(17)14-20)31-24(27)18-9-11-22(12-10-18)32(28,29)25-15-21-6-3-13-30-21/h3,6-14,16,25H,2,4-5,15H2,1H3. The molecule has 1 unspecified atom stereocenters. The number of fused-ring (bicyclic) bond motifs is 1. The van der Waals surface area contributed by atoms with Crippen molar-refractivity contribution in [2.24, 2.45) is 0 Å². The number of esters is 1. The third-order valence-corrected chi connectivity index (χ3v) is 6.87. The van der Waals surface area contributed by atoms with E-state index in [9.17, 15) is 18.0 Å². The van der Waals surface area contributed by atoms with E-state index in [2.05, 4.69) is 4.72 Å². The van der Waals surface area contributed by atoms with Gasteiger partial charge in [-0.1, -0.05) is 12.1 Å². The van der Waals surface area contributed by atoms with Gasteiger partial charge in [0.25, 0.3) is 0 Å². The topological polar surface area (TPSA) is 103 Å². The summed E-state index contributed by atoms with van der Waals surface area (Å²) < 4.78 is 37.7. The fourth-order valence-electron chi connectivity index (χ4n) is 3.67. The summed E-state index contributed by atoms with van der Waals surface area (Å²) in [7, 11) is -3.77. The van der Waals surface area contributed by atoms with Gasteiger partial charge in [0.05, 0.1) is 23.3 Å². The summed E-state index contributed by atoms with van der Waals surface area (Å²) in [5, 5.41) is 0. The Morgan fingerprint density at radius 3 is 2.47 bits per heavy atom. The van der Waals surface area contributed by atoms with E-state index in [0.29, 0.717) is 11.3 Å². The van der Waals surface area contributed by atoms with Gasteiger partial charge in [0, 0.05) is 5.56 Å². The van der Waals surface area contributed by atoms with Crippen molar-refractivity contribution in [1.29, 1.82) is 0 Å². The molecule has 0 radical (unpaired) electrons. The summed E-state index contributed by atoms with van der Waals surface area (Å²) in [4.78, 5) is 25.2. The molecular weight excluding hydrogens is 430 g/mol. The molecule has 0 saturated carbocycles. The van der Waals surface area contributed by atoms with Gasteiger partial charge < -0.3 is 9.15 Å². The first-order valence-electron chi connectivity index (χ1n) is 10.3. The van der Waals surface area contributed by atoms with E-state index in [-0.39, 0.29) is 22.8 Å². The second kappa shape index (κ2) is 9.10. The minimum atomic E-state index is -3.77. The van der Waals surface area contributed by atoms with E-state index in [0.717, 1.165) is 19.3 Å². The summed E-state index contributed by atoms with van der Waals surface area (Å²) in [6, 6.07) is 14.3. The molecular formula is C24H23NO6S. The Hall–Kier alpha value is -3.23. The van der Waals surface area contributed by atoms with Crippen molar-refractivity contribution in [3.63, 3.8) is 0 Å². The number of carbonyl (C=O) groups is 2. The molecule has 1 aliphatic rings. The maximum absolute atomic E-state index is 12.7. The van der Waals surface area contributed by atoms with Crippen molar-refractivity contribution in [3.05, 3.63) is 88.9 Å². The van der Waals surface area contributed by atoms with Crippen molar-refractivity contribution in [1.82, 2.24) is 4.72 Å². The van der Waals surface area contributed by atoms with Crippen LogP contribution in [0, 0.1) is 0 Å². The molecule has 0 spiro atoms. The second-order valence-electron chi connectivity index (χ2n) is 7.68. The molecule has 1 aromatic heterocycles. The van der Waals surface area contributed by atoms with Gasteiger partial charge in [-0.2, -0.15) is 0 Å². The number of hydrogen-bond donors (Lipinski definition) is 1. The number of rotatable bonds is 8. The van der Waals surface area contributed by atoms with Crippen LogP contribution in [0.3, 0.4) is 0 Å². The molecule has 2 aromatic carbocycles. The lowest BCUT2D eigenvalue weighted by atomic mass is 10.0. The molecule has 0 aliphatic heterocycles. The van der Waals surface area contributed by atoms with Crippen molar-refractivity contribution in [2.45, 2.75) is 43.7 Å². The Balaban J connectivity index is 1.38. The summed E-state index contributed by atoms with van der Waals surface area (Å²) >= 11 is 0. The van der Waals surface area contributed by atoms with Gasteiger partial charge in [0.2, 0.25) is 15.8 Å². The van der Waals surface area contributed by atoms with Crippen molar-refractivity contribution >= 4 is 21.8 Å². The lowest BCUT2D eigenvalue weighted by molar-refractivity contribution is 0.0318. The van der Waals surface area contributed by atoms with Crippen LogP contribution < -0.4 is 4.72 Å². The van der Waals surface area contributed by atoms with Crippen LogP contribution in [0.15, 0.2) is 70.2 Å². The number of carbonyl (C=O) groups excluding carboxylic acids is 2. The highest BCUT2D eigenvalue weighted by Crippen LogP contribution is 2.24. The fraction of sp³-hybridized carbons (Fsp3) is 0.250. The van der Waals surface area contributed by atoms with Gasteiger partial charge in [-0.15, -0.1) is 0 Å². The maximum Gasteiger partial charge on any atom is 0.338 e. The Labute approximate surface area is 186 Å². The average Bonchev–Trinajstić information content (AvgIpc) is 3.48. The molecule has 0 amide bonds. The van der Waals surface area contributed by atoms with E-state index >= 15 is 0 Å². The zero-order chi connectivity index (χ0) is 22.7. The molecule has 3 aromatic rings. The molecule has 32 heavy (non-hydrogen) atoms. The molecule has 0 bridgehead atoms. The maximum atomic E-state index is 12.7. The van der Waals surface area contributed by atoms with Crippen LogP contribution in [0.1, 0.15) is 50.9 Å². The van der Waals surface area contributed by atoms with Gasteiger partial charge in [0.1, 0.15) is 5.76 Å². The summed E-state index contributed by atoms with van der Waals surface area (Å²) in [5.41, 5.74) is 3.12. The van der Waals surface area contributed by atoms with Crippen LogP contribution >= 0.6 is 0 Å². The average molecular weight is 454 g/mol. The Kier molecular flexibility index (Phi) is 6.25. The minimum Gasteiger partial charge on any atom is -0.468 e. The lowest BCUT2D eigenvalue weighted by Crippen LogP contribution is -2.25. The minimum absolute atomic E-state index is 0.00266. The smallest absolute Gasteiger partial charge is 0.338 e. The highest BCUT2D eigenvalue weighted by molar-refractivity contribution is 7.89. The number of nitrogens with one attached hydrogen (secondary N) is 1. The third-order valence-electron chi connectivity index (χ3n) is 5.45. The number of ketones is 1. The van der Waals surface area contributed by atoms with Gasteiger partial charge in [0.15, 0.2) is 6.10 Å². The van der Waals surface area contributed by atoms with E-state index in [1.807, 2.05) is 12.1 Å². The molecule has 1 aliphatic carbocycles. The number of furan rings is 1. The number of ether oxygens (including phenoxy) is 1. The molecule has 0 saturated heterocycles. The second-order valence-corrected chi connectivity index (χ2v) is 9.44. The Morgan fingerprint density at radius 1 is 1.03 bits per heavy atom. The number of Topliss-reactive ketones (excluding diaryl/α,β-unsaturated/α-hetero) is 1. The first kappa shape index (κ1) is 22.0. The summed E-state index contributed by atoms with van der Waals surface area (Å²) in [6.07, 6.45) is 3.57. The molecule has 166 valence electrons. The Morgan fingerprint density at radius 2 is 1.75 bits per heavy atom. The zero-order valence-corrected chi connectivity index (χ0v) is 18.4. The van der Waals surface area contributed by atoms with Gasteiger partial charge in [-0.3, -0.25) is 4.79 Å². The van der Waals surface area contributed by atoms with Crippen molar-refractivity contribution < 1.29 is 27.2 Å². The fourth-order valence-corrected chi connectivity index (χ4v) is 4.67. The highest BCUT2D eigenvalue weighted by atomic mass is 32.2. The molecule has 1 atom stereocenters. The van der Waals surface area contributed by atoms with Gasteiger partial charge in [-0.25, -0.2) is 17.9 Å². The zero-order valence-electron chi connectivity index (χ0n) is 17.5. The van der Waals surface area contributed by atoms with Crippen LogP contribution in [0.25, 0.3) is 0 Å². The predicted molar refractivity (Wildman–Crippen MR) is 117 cm³/mol. The van der Waals surface area contributed by atoms with Crippen LogP contribution in [0.4, 0.5) is 0 Å². The van der Waals surface area contributed by atoms with Crippen LogP contribution in [0.5, 0.6) is 0 Å². The van der Waals surface area contributed by atoms with E-state index < -0.39 is 22.1 Å². The van der Waals surface area contributed by atoms with E-state index in [1.54, 1.807) is 18.2 Å². The highest BCUT2D eigenvalue weighted by Gasteiger charge is 2.23. The first-order chi connectivity index (χ1) is 15.3. The van der Waals surface area contributed by atoms with Crippen LogP contribution in [-0.2, 0) is 34.1 Å². The Bertz CT molecular complexity index is 1230. The van der Waals surface area contributed by atoms with Crippen LogP contribution in [-0.4, -0.2) is 26.3 Å². The normalized spacial score (nSPS) is 14.0. The number of benzene rings is 2. The van der Waals surface area contributed by atoms with Gasteiger partial charge in [-0.05, 0) is 79.8 Å². The quantitative estimate of drug-likeness (QED) is 0.412. The third kappa shape index (κ3) is 4.81. The van der Waals surface area contributed by atoms with Crippen LogP contribution in [0.2, 0.25) is 0 Å². The largest absolute Gasteiger partial charge is 0.468 e. The van der Waals surface area contributed by atoms with E-state index in [4.69, 9.17) is 9.15 Å². The number of sulfonamides is 1. The van der Waals surface area contributed by atoms with Crippen molar-refractivity contribution in [3.8, 4) is 0 Å². The summed E-state index contributed by atoms with van der Waals surface area (Å²) in [5.74, 6) is -0.482. The van der Waals surface area contributed by atoms with Gasteiger partial charge >= 0.3 is 5.97 Å². The molecule has 0 fully saturated rings. The molecule has 8 heteroatoms. The summed E-state index contributed by atoms with van der Waals surface area (Å²) in [6.45, 7) is 1.55. The van der Waals surface area contributed by atoms with Crippen molar-refractivity contribution in [2.75, 3.05) is 0 Å². The lowest BCUT2D eigenvalue weighted by Gasteiger charge is -2.13. The molecule has 1 N–H and O–H groups in total. The molecule has 4 rings (SSSR count).